The van der Waals surface area contributed by atoms with Gasteiger partial charge in [-0.05, 0) is 91.0 Å². The van der Waals surface area contributed by atoms with Crippen molar-refractivity contribution in [2.45, 2.75) is 82.7 Å². The van der Waals surface area contributed by atoms with E-state index in [2.05, 4.69) is 29.5 Å². The fraction of sp³-hybridized carbons (Fsp3) is 0.588. The summed E-state index contributed by atoms with van der Waals surface area (Å²) in [7, 11) is 0. The number of carbonyl (C=O) groups excluding carboxylic acids is 3. The number of halogens is 4. The summed E-state index contributed by atoms with van der Waals surface area (Å²) in [5, 5.41) is 5.77. The third-order valence-electron chi connectivity index (χ3n) is 11.1. The lowest BCUT2D eigenvalue weighted by Gasteiger charge is -2.51. The Morgan fingerprint density at radius 3 is 2.58 bits per heavy atom. The van der Waals surface area contributed by atoms with Crippen LogP contribution in [0.25, 0.3) is 0 Å². The molecule has 1 aromatic carbocycles. The molecule has 4 aliphatic rings. The van der Waals surface area contributed by atoms with E-state index in [9.17, 15) is 18.8 Å². The molecule has 0 bridgehead atoms. The molecular formula is C34H39Cl2F2N3O4. The molecule has 2 aliphatic carbocycles. The SMILES string of the molecule is CC1(C)CCC2(CC1)C[C@@H](C(=O)C[C@@H]1CC[C@@H](C(=O)NCCF)OC1)[C@H](c1ccnc(Cl)c1F)[C@]21C(=O)Nc2cc(Cl)ccc21. The van der Waals surface area contributed by atoms with E-state index in [1.54, 1.807) is 18.2 Å². The maximum absolute atomic E-state index is 16.1. The van der Waals surface area contributed by atoms with Gasteiger partial charge in [-0.3, -0.25) is 14.4 Å². The van der Waals surface area contributed by atoms with Gasteiger partial charge in [-0.1, -0.05) is 43.1 Å². The van der Waals surface area contributed by atoms with Gasteiger partial charge in [-0.2, -0.15) is 0 Å². The van der Waals surface area contributed by atoms with Gasteiger partial charge in [0.25, 0.3) is 0 Å². The summed E-state index contributed by atoms with van der Waals surface area (Å²) in [4.78, 5) is 45.4. The number of carbonyl (C=O) groups is 3. The van der Waals surface area contributed by atoms with E-state index < -0.39 is 41.3 Å². The van der Waals surface area contributed by atoms with Crippen molar-refractivity contribution in [2.24, 2.45) is 22.7 Å². The molecule has 0 unspecified atom stereocenters. The molecule has 5 atom stereocenters. The molecule has 6 rings (SSSR count). The van der Waals surface area contributed by atoms with Crippen LogP contribution in [0.15, 0.2) is 30.5 Å². The van der Waals surface area contributed by atoms with Crippen LogP contribution in [-0.4, -0.2) is 48.5 Å². The molecule has 7 nitrogen and oxygen atoms in total. The zero-order valence-corrected chi connectivity index (χ0v) is 27.1. The number of nitrogens with zero attached hydrogens (tertiary/aromatic N) is 1. The van der Waals surface area contributed by atoms with Crippen molar-refractivity contribution in [2.75, 3.05) is 25.1 Å². The van der Waals surface area contributed by atoms with Crippen molar-refractivity contribution >= 4 is 46.5 Å². The number of benzene rings is 1. The van der Waals surface area contributed by atoms with Crippen LogP contribution in [-0.2, 0) is 24.5 Å². The third-order valence-corrected chi connectivity index (χ3v) is 11.6. The summed E-state index contributed by atoms with van der Waals surface area (Å²) in [5.41, 5.74) is -0.211. The highest BCUT2D eigenvalue weighted by Crippen LogP contribution is 2.72. The number of alkyl halides is 1. The number of amides is 2. The van der Waals surface area contributed by atoms with Gasteiger partial charge in [0.1, 0.15) is 18.6 Å². The molecule has 2 aromatic rings. The lowest BCUT2D eigenvalue weighted by Crippen LogP contribution is -2.52. The number of Topliss-reactive ketones (excluding diaryl/α,β-unsaturated/α-hetero) is 1. The molecule has 2 saturated carbocycles. The normalized spacial score (nSPS) is 29.9. The minimum absolute atomic E-state index is 0.0578. The van der Waals surface area contributed by atoms with E-state index in [-0.39, 0.29) is 59.2 Å². The number of ether oxygens (including phenoxy) is 1. The summed E-state index contributed by atoms with van der Waals surface area (Å²) in [6, 6.07) is 6.90. The number of pyridine rings is 1. The van der Waals surface area contributed by atoms with E-state index >= 15 is 4.39 Å². The first-order valence-electron chi connectivity index (χ1n) is 15.8. The quantitative estimate of drug-likeness (QED) is 0.313. The minimum Gasteiger partial charge on any atom is -0.368 e. The molecule has 3 fully saturated rings. The first-order valence-corrected chi connectivity index (χ1v) is 16.6. The average molecular weight is 663 g/mol. The van der Waals surface area contributed by atoms with Crippen LogP contribution in [0.3, 0.4) is 0 Å². The number of hydrogen-bond acceptors (Lipinski definition) is 5. The van der Waals surface area contributed by atoms with E-state index in [0.29, 0.717) is 42.8 Å². The van der Waals surface area contributed by atoms with Crippen LogP contribution in [0, 0.1) is 28.5 Å². The molecule has 2 aliphatic heterocycles. The van der Waals surface area contributed by atoms with Gasteiger partial charge < -0.3 is 15.4 Å². The van der Waals surface area contributed by atoms with E-state index in [0.717, 1.165) is 18.4 Å². The standard InChI is InChI=1S/C34H39Cl2F2N3O4/c1-32(2)8-10-33(11-9-32)17-22(25(42)15-19-3-6-26(45-18-19)30(43)40-14-12-37)27(21-7-13-39-29(36)28(21)38)34(33)23-5-4-20(35)16-24(23)41-31(34)44/h4-5,7,13,16,19,22,26-27H,3,6,8-12,14-15,17-18H2,1-2H3,(H,40,43)(H,41,44)/t19-,22-,26-,27-,34+/m0/s1. The summed E-state index contributed by atoms with van der Waals surface area (Å²) in [6.07, 6.45) is 5.49. The second kappa shape index (κ2) is 12.2. The Hall–Kier alpha value is -2.62. The van der Waals surface area contributed by atoms with Crippen molar-refractivity contribution in [3.05, 3.63) is 57.6 Å². The number of aromatic nitrogens is 1. The van der Waals surface area contributed by atoms with Crippen LogP contribution in [0.4, 0.5) is 14.5 Å². The molecule has 11 heteroatoms. The van der Waals surface area contributed by atoms with E-state index in [1.807, 2.05) is 6.07 Å². The average Bonchev–Trinajstić information content (AvgIpc) is 3.47. The Balaban J connectivity index is 1.40. The highest BCUT2D eigenvalue weighted by Gasteiger charge is 2.72. The maximum Gasteiger partial charge on any atom is 0.249 e. The summed E-state index contributed by atoms with van der Waals surface area (Å²) < 4.78 is 34.4. The number of ketones is 1. The van der Waals surface area contributed by atoms with Gasteiger partial charge >= 0.3 is 0 Å². The Morgan fingerprint density at radius 1 is 1.13 bits per heavy atom. The monoisotopic (exact) mass is 661 g/mol. The molecule has 1 aromatic heterocycles. The lowest BCUT2D eigenvalue weighted by atomic mass is 9.51. The van der Waals surface area contributed by atoms with Crippen LogP contribution < -0.4 is 10.6 Å². The van der Waals surface area contributed by atoms with Crippen molar-refractivity contribution < 1.29 is 27.9 Å². The largest absolute Gasteiger partial charge is 0.368 e. The zero-order valence-electron chi connectivity index (χ0n) is 25.6. The highest BCUT2D eigenvalue weighted by atomic mass is 35.5. The Bertz CT molecular complexity index is 1500. The highest BCUT2D eigenvalue weighted by molar-refractivity contribution is 6.31. The van der Waals surface area contributed by atoms with Gasteiger partial charge in [-0.15, -0.1) is 0 Å². The zero-order chi connectivity index (χ0) is 32.1. The smallest absolute Gasteiger partial charge is 0.249 e. The second-order valence-corrected chi connectivity index (χ2v) is 14.9. The molecule has 2 N–H and O–H groups in total. The van der Waals surface area contributed by atoms with Crippen molar-refractivity contribution in [1.29, 1.82) is 0 Å². The molecule has 2 spiro atoms. The van der Waals surface area contributed by atoms with Gasteiger partial charge in [0.05, 0.1) is 12.0 Å². The molecule has 0 radical (unpaired) electrons. The van der Waals surface area contributed by atoms with Crippen LogP contribution >= 0.6 is 23.2 Å². The maximum atomic E-state index is 16.1. The summed E-state index contributed by atoms with van der Waals surface area (Å²) in [6.45, 7) is 3.93. The van der Waals surface area contributed by atoms with Crippen molar-refractivity contribution in [3.63, 3.8) is 0 Å². The number of fused-ring (bicyclic) bond motifs is 3. The fourth-order valence-corrected chi connectivity index (χ4v) is 9.13. The van der Waals surface area contributed by atoms with Gasteiger partial charge in [0.15, 0.2) is 11.0 Å². The lowest BCUT2D eigenvalue weighted by molar-refractivity contribution is -0.138. The summed E-state index contributed by atoms with van der Waals surface area (Å²) in [5.74, 6) is -3.00. The first-order chi connectivity index (χ1) is 21.4. The Kier molecular flexibility index (Phi) is 8.76. The second-order valence-electron chi connectivity index (χ2n) is 14.1. The van der Waals surface area contributed by atoms with Gasteiger partial charge in [-0.25, -0.2) is 13.8 Å². The predicted molar refractivity (Wildman–Crippen MR) is 168 cm³/mol. The Labute approximate surface area is 272 Å². The van der Waals surface area contributed by atoms with E-state index in [1.165, 1.54) is 6.20 Å². The molecule has 242 valence electrons. The van der Waals surface area contributed by atoms with Crippen LogP contribution in [0.5, 0.6) is 0 Å². The van der Waals surface area contributed by atoms with Gasteiger partial charge in [0, 0.05) is 41.7 Å². The number of nitrogens with one attached hydrogen (secondary N) is 2. The van der Waals surface area contributed by atoms with Crippen molar-refractivity contribution in [1.82, 2.24) is 10.3 Å². The van der Waals surface area contributed by atoms with Crippen LogP contribution in [0.2, 0.25) is 10.2 Å². The molecule has 2 amide bonds. The fourth-order valence-electron chi connectivity index (χ4n) is 8.79. The van der Waals surface area contributed by atoms with Crippen LogP contribution in [0.1, 0.15) is 82.3 Å². The van der Waals surface area contributed by atoms with Crippen molar-refractivity contribution in [3.8, 4) is 0 Å². The third kappa shape index (κ3) is 5.46. The Morgan fingerprint density at radius 2 is 1.89 bits per heavy atom. The number of anilines is 1. The molecule has 3 heterocycles. The first kappa shape index (κ1) is 32.3. The predicted octanol–water partition coefficient (Wildman–Crippen LogP) is 6.95. The van der Waals surface area contributed by atoms with Gasteiger partial charge in [0.2, 0.25) is 11.8 Å². The van der Waals surface area contributed by atoms with E-state index in [4.69, 9.17) is 27.9 Å². The molecular weight excluding hydrogens is 623 g/mol. The number of rotatable bonds is 7. The molecule has 1 saturated heterocycles. The number of hydrogen-bond donors (Lipinski definition) is 2. The summed E-state index contributed by atoms with van der Waals surface area (Å²) >= 11 is 12.6. The topological polar surface area (TPSA) is 97.4 Å². The molecule has 45 heavy (non-hydrogen) atoms. The minimum atomic E-state index is -1.22.